The third-order valence-corrected chi connectivity index (χ3v) is 3.96. The number of ether oxygens (including phenoxy) is 1. The Bertz CT molecular complexity index is 732. The van der Waals surface area contributed by atoms with Gasteiger partial charge in [0.2, 0.25) is 0 Å². The highest BCUT2D eigenvalue weighted by atomic mass is 35.5. The van der Waals surface area contributed by atoms with Gasteiger partial charge in [-0.15, -0.1) is 0 Å². The summed E-state index contributed by atoms with van der Waals surface area (Å²) in [5.41, 5.74) is 0.350. The molecule has 140 valence electrons. The number of carbonyl (C=O) groups is 1. The summed E-state index contributed by atoms with van der Waals surface area (Å²) in [6.45, 7) is 2.43. The Hall–Kier alpha value is -2.05. The van der Waals surface area contributed by atoms with Gasteiger partial charge in [-0.1, -0.05) is 29.8 Å². The maximum atomic E-state index is 12.7. The Morgan fingerprint density at radius 3 is 2.54 bits per heavy atom. The molecule has 0 aromatic heterocycles. The van der Waals surface area contributed by atoms with Gasteiger partial charge in [0.25, 0.3) is 0 Å². The molecule has 0 fully saturated rings. The molecule has 2 rings (SSSR count). The lowest BCUT2D eigenvalue weighted by Gasteiger charge is -2.15. The minimum atomic E-state index is -4.34. The fourth-order valence-electron chi connectivity index (χ4n) is 2.42. The van der Waals surface area contributed by atoms with Gasteiger partial charge in [-0.05, 0) is 49.2 Å². The van der Waals surface area contributed by atoms with Crippen molar-refractivity contribution in [2.75, 3.05) is 13.2 Å². The maximum absolute atomic E-state index is 12.7. The van der Waals surface area contributed by atoms with E-state index in [1.165, 1.54) is 6.07 Å². The second-order valence-corrected chi connectivity index (χ2v) is 6.34. The third kappa shape index (κ3) is 6.35. The van der Waals surface area contributed by atoms with Crippen molar-refractivity contribution in [3.05, 3.63) is 70.2 Å². The van der Waals surface area contributed by atoms with Crippen molar-refractivity contribution >= 4 is 17.6 Å². The van der Waals surface area contributed by atoms with Gasteiger partial charge in [0.15, 0.2) is 0 Å². The SMILES string of the molecule is CC(Cc1cccc(C(F)(F)F)c1)NCCOC(=O)c1ccc(Cl)cc1. The lowest BCUT2D eigenvalue weighted by molar-refractivity contribution is -0.137. The van der Waals surface area contributed by atoms with E-state index in [-0.39, 0.29) is 12.6 Å². The van der Waals surface area contributed by atoms with E-state index >= 15 is 0 Å². The molecule has 0 heterocycles. The van der Waals surface area contributed by atoms with Gasteiger partial charge >= 0.3 is 12.1 Å². The summed E-state index contributed by atoms with van der Waals surface area (Å²) >= 11 is 5.75. The van der Waals surface area contributed by atoms with Crippen LogP contribution in [0.5, 0.6) is 0 Å². The zero-order valence-corrected chi connectivity index (χ0v) is 14.9. The molecule has 0 spiro atoms. The first-order chi connectivity index (χ1) is 12.3. The van der Waals surface area contributed by atoms with Gasteiger partial charge in [-0.3, -0.25) is 0 Å². The molecule has 0 bridgehead atoms. The van der Waals surface area contributed by atoms with Crippen molar-refractivity contribution in [2.45, 2.75) is 25.6 Å². The lowest BCUT2D eigenvalue weighted by atomic mass is 10.0. The van der Waals surface area contributed by atoms with Gasteiger partial charge in [0.1, 0.15) is 6.61 Å². The number of carbonyl (C=O) groups excluding carboxylic acids is 1. The van der Waals surface area contributed by atoms with Crippen LogP contribution in [0.3, 0.4) is 0 Å². The zero-order chi connectivity index (χ0) is 19.2. The zero-order valence-electron chi connectivity index (χ0n) is 14.1. The summed E-state index contributed by atoms with van der Waals surface area (Å²) in [6.07, 6.45) is -3.91. The van der Waals surface area contributed by atoms with Crippen LogP contribution in [-0.4, -0.2) is 25.2 Å². The van der Waals surface area contributed by atoms with E-state index in [9.17, 15) is 18.0 Å². The Labute approximate surface area is 155 Å². The average Bonchev–Trinajstić information content (AvgIpc) is 2.58. The number of rotatable bonds is 7. The number of alkyl halides is 3. The summed E-state index contributed by atoms with van der Waals surface area (Å²) in [7, 11) is 0. The maximum Gasteiger partial charge on any atom is 0.416 e. The standard InChI is InChI=1S/C19H19ClF3NO2/c1-13(11-14-3-2-4-16(12-14)19(21,22)23)24-9-10-26-18(25)15-5-7-17(20)8-6-15/h2-8,12-13,24H,9-11H2,1H3. The third-order valence-electron chi connectivity index (χ3n) is 3.70. The smallest absolute Gasteiger partial charge is 0.416 e. The number of hydrogen-bond donors (Lipinski definition) is 1. The monoisotopic (exact) mass is 385 g/mol. The molecule has 7 heteroatoms. The van der Waals surface area contributed by atoms with Gasteiger partial charge in [0.05, 0.1) is 11.1 Å². The molecule has 0 aliphatic heterocycles. The molecular weight excluding hydrogens is 367 g/mol. The molecule has 26 heavy (non-hydrogen) atoms. The lowest BCUT2D eigenvalue weighted by Crippen LogP contribution is -2.31. The van der Waals surface area contributed by atoms with E-state index in [1.807, 2.05) is 6.92 Å². The van der Waals surface area contributed by atoms with Crippen LogP contribution in [0.2, 0.25) is 5.02 Å². The van der Waals surface area contributed by atoms with E-state index < -0.39 is 17.7 Å². The van der Waals surface area contributed by atoms with Gasteiger partial charge in [-0.25, -0.2) is 4.79 Å². The fourth-order valence-corrected chi connectivity index (χ4v) is 2.54. The molecule has 0 aliphatic rings. The molecule has 0 amide bonds. The molecule has 1 N–H and O–H groups in total. The minimum Gasteiger partial charge on any atom is -0.461 e. The van der Waals surface area contributed by atoms with Gasteiger partial charge in [-0.2, -0.15) is 13.2 Å². The van der Waals surface area contributed by atoms with Crippen molar-refractivity contribution < 1.29 is 22.7 Å². The number of nitrogens with one attached hydrogen (secondary N) is 1. The predicted octanol–water partition coefficient (Wildman–Crippen LogP) is 4.74. The Morgan fingerprint density at radius 2 is 1.88 bits per heavy atom. The van der Waals surface area contributed by atoms with Crippen molar-refractivity contribution in [3.63, 3.8) is 0 Å². The highest BCUT2D eigenvalue weighted by Crippen LogP contribution is 2.29. The molecule has 0 saturated carbocycles. The summed E-state index contributed by atoms with van der Waals surface area (Å²) < 4.78 is 43.3. The molecule has 2 aromatic rings. The quantitative estimate of drug-likeness (QED) is 0.553. The largest absolute Gasteiger partial charge is 0.461 e. The second kappa shape index (κ2) is 9.05. The summed E-state index contributed by atoms with van der Waals surface area (Å²) in [4.78, 5) is 11.8. The molecule has 0 saturated heterocycles. The molecule has 2 aromatic carbocycles. The fraction of sp³-hybridized carbons (Fsp3) is 0.316. The molecule has 1 atom stereocenters. The summed E-state index contributed by atoms with van der Waals surface area (Å²) in [5, 5.41) is 3.66. The van der Waals surface area contributed by atoms with Gasteiger partial charge < -0.3 is 10.1 Å². The van der Waals surface area contributed by atoms with Crippen LogP contribution in [0.4, 0.5) is 13.2 Å². The molecule has 3 nitrogen and oxygen atoms in total. The van der Waals surface area contributed by atoms with Crippen LogP contribution in [0, 0.1) is 0 Å². The van der Waals surface area contributed by atoms with Crippen molar-refractivity contribution in [1.29, 1.82) is 0 Å². The first-order valence-corrected chi connectivity index (χ1v) is 8.45. The van der Waals surface area contributed by atoms with E-state index in [2.05, 4.69) is 5.32 Å². The van der Waals surface area contributed by atoms with Crippen LogP contribution < -0.4 is 5.32 Å². The van der Waals surface area contributed by atoms with Crippen LogP contribution in [0.15, 0.2) is 48.5 Å². The van der Waals surface area contributed by atoms with Crippen molar-refractivity contribution in [2.24, 2.45) is 0 Å². The van der Waals surface area contributed by atoms with Crippen molar-refractivity contribution in [1.82, 2.24) is 5.32 Å². The highest BCUT2D eigenvalue weighted by molar-refractivity contribution is 6.30. The van der Waals surface area contributed by atoms with E-state index in [4.69, 9.17) is 16.3 Å². The van der Waals surface area contributed by atoms with Crippen LogP contribution in [0.25, 0.3) is 0 Å². The average molecular weight is 386 g/mol. The molecule has 0 radical (unpaired) electrons. The first-order valence-electron chi connectivity index (χ1n) is 8.08. The van der Waals surface area contributed by atoms with E-state index in [0.717, 1.165) is 12.1 Å². The number of esters is 1. The molecular formula is C19H19ClF3NO2. The summed E-state index contributed by atoms with van der Waals surface area (Å²) in [5.74, 6) is -0.450. The topological polar surface area (TPSA) is 38.3 Å². The van der Waals surface area contributed by atoms with Crippen molar-refractivity contribution in [3.8, 4) is 0 Å². The number of halogens is 4. The second-order valence-electron chi connectivity index (χ2n) is 5.90. The minimum absolute atomic E-state index is 0.0623. The Kier molecular flexibility index (Phi) is 7.06. The van der Waals surface area contributed by atoms with Gasteiger partial charge in [0, 0.05) is 17.6 Å². The predicted molar refractivity (Wildman–Crippen MR) is 94.3 cm³/mol. The van der Waals surface area contributed by atoms with Crippen LogP contribution >= 0.6 is 11.6 Å². The van der Waals surface area contributed by atoms with Crippen LogP contribution in [-0.2, 0) is 17.3 Å². The number of hydrogen-bond acceptors (Lipinski definition) is 3. The number of benzene rings is 2. The van der Waals surface area contributed by atoms with E-state index in [1.54, 1.807) is 30.3 Å². The Balaban J connectivity index is 1.74. The first kappa shape index (κ1) is 20.3. The van der Waals surface area contributed by atoms with Crippen LogP contribution in [0.1, 0.15) is 28.4 Å². The Morgan fingerprint density at radius 1 is 1.19 bits per heavy atom. The molecule has 0 aliphatic carbocycles. The summed E-state index contributed by atoms with van der Waals surface area (Å²) in [6, 6.07) is 11.6. The van der Waals surface area contributed by atoms with E-state index in [0.29, 0.717) is 29.1 Å². The normalized spacial score (nSPS) is 12.7. The highest BCUT2D eigenvalue weighted by Gasteiger charge is 2.30. The molecule has 1 unspecified atom stereocenters.